The average molecular weight is 514 g/mol. The first-order valence-corrected chi connectivity index (χ1v) is 12.2. The lowest BCUT2D eigenvalue weighted by atomic mass is 9.95. The fraction of sp³-hybridized carbons (Fsp3) is 0.207. The van der Waals surface area contributed by atoms with Crippen molar-refractivity contribution in [1.82, 2.24) is 9.97 Å². The van der Waals surface area contributed by atoms with Gasteiger partial charge in [0, 0.05) is 11.6 Å². The molecule has 0 spiro atoms. The van der Waals surface area contributed by atoms with Gasteiger partial charge < -0.3 is 24.3 Å². The molecule has 3 aromatic carbocycles. The molecule has 1 saturated heterocycles. The number of H-pyrrole nitrogens is 1. The van der Waals surface area contributed by atoms with Gasteiger partial charge in [-0.05, 0) is 60.5 Å². The summed E-state index contributed by atoms with van der Waals surface area (Å²) in [4.78, 5) is 35.9. The molecule has 194 valence electrons. The minimum atomic E-state index is -0.955. The lowest BCUT2D eigenvalue weighted by Gasteiger charge is -2.23. The first kappa shape index (κ1) is 24.9. The SMILES string of the molecule is CCCOc1ccc(/C(O)=C2\C(=O)C(=O)N(c3nc4ccc(OC)cc4[nH]3)C2c2cccc(OC)c2)cc1. The summed E-state index contributed by atoms with van der Waals surface area (Å²) in [5, 5.41) is 11.4. The maximum atomic E-state index is 13.5. The molecule has 4 aromatic rings. The van der Waals surface area contributed by atoms with Crippen LogP contribution >= 0.6 is 0 Å². The van der Waals surface area contributed by atoms with Gasteiger partial charge in [0.25, 0.3) is 5.78 Å². The second-order valence-corrected chi connectivity index (χ2v) is 8.76. The minimum Gasteiger partial charge on any atom is -0.507 e. The summed E-state index contributed by atoms with van der Waals surface area (Å²) in [6, 6.07) is 18.1. The minimum absolute atomic E-state index is 0.0523. The fourth-order valence-electron chi connectivity index (χ4n) is 4.48. The monoisotopic (exact) mass is 513 g/mol. The predicted molar refractivity (Wildman–Crippen MR) is 143 cm³/mol. The maximum absolute atomic E-state index is 13.5. The van der Waals surface area contributed by atoms with E-state index >= 15 is 0 Å². The number of rotatable bonds is 8. The van der Waals surface area contributed by atoms with Crippen LogP contribution < -0.4 is 19.1 Å². The van der Waals surface area contributed by atoms with E-state index < -0.39 is 17.7 Å². The number of hydrogen-bond donors (Lipinski definition) is 2. The number of ketones is 1. The molecule has 1 fully saturated rings. The highest BCUT2D eigenvalue weighted by molar-refractivity contribution is 6.51. The highest BCUT2D eigenvalue weighted by atomic mass is 16.5. The summed E-state index contributed by atoms with van der Waals surface area (Å²) < 4.78 is 16.3. The van der Waals surface area contributed by atoms with Crippen molar-refractivity contribution in [3.63, 3.8) is 0 Å². The molecule has 1 unspecified atom stereocenters. The molecule has 1 amide bonds. The molecule has 0 saturated carbocycles. The number of ether oxygens (including phenoxy) is 3. The standard InChI is InChI=1S/C29H27N3O6/c1-4-14-38-19-10-8-17(9-11-19)26(33)24-25(18-6-5-7-20(15-18)36-2)32(28(35)27(24)34)29-30-22-13-12-21(37-3)16-23(22)31-29/h5-13,15-16,25,33H,4,14H2,1-3H3,(H,30,31)/b26-24+. The number of nitrogens with one attached hydrogen (secondary N) is 1. The molecule has 5 rings (SSSR count). The Hall–Kier alpha value is -4.79. The summed E-state index contributed by atoms with van der Waals surface area (Å²) in [6.07, 6.45) is 0.861. The third-order valence-electron chi connectivity index (χ3n) is 6.36. The van der Waals surface area contributed by atoms with Crippen LogP contribution in [-0.2, 0) is 9.59 Å². The van der Waals surface area contributed by atoms with Gasteiger partial charge in [0.2, 0.25) is 5.95 Å². The second kappa shape index (κ2) is 10.3. The Labute approximate surface area is 219 Å². The van der Waals surface area contributed by atoms with E-state index in [4.69, 9.17) is 14.2 Å². The van der Waals surface area contributed by atoms with Gasteiger partial charge in [0.1, 0.15) is 23.0 Å². The smallest absolute Gasteiger partial charge is 0.302 e. The number of nitrogens with zero attached hydrogens (tertiary/aromatic N) is 2. The van der Waals surface area contributed by atoms with Crippen LogP contribution in [0.4, 0.5) is 5.95 Å². The molecule has 9 heteroatoms. The van der Waals surface area contributed by atoms with E-state index in [1.54, 1.807) is 73.8 Å². The Balaban J connectivity index is 1.65. The van der Waals surface area contributed by atoms with E-state index in [0.29, 0.717) is 46.0 Å². The van der Waals surface area contributed by atoms with Gasteiger partial charge in [0.15, 0.2) is 0 Å². The summed E-state index contributed by atoms with van der Waals surface area (Å²) in [7, 11) is 3.09. The van der Waals surface area contributed by atoms with Crippen LogP contribution in [0.3, 0.4) is 0 Å². The third-order valence-corrected chi connectivity index (χ3v) is 6.36. The number of amides is 1. The van der Waals surface area contributed by atoms with Crippen molar-refractivity contribution in [3.8, 4) is 17.2 Å². The van der Waals surface area contributed by atoms with Crippen LogP contribution in [0.1, 0.15) is 30.5 Å². The number of aliphatic hydroxyl groups is 1. The van der Waals surface area contributed by atoms with Gasteiger partial charge in [-0.1, -0.05) is 19.1 Å². The molecule has 1 aliphatic heterocycles. The van der Waals surface area contributed by atoms with Crippen LogP contribution in [0.15, 0.2) is 72.3 Å². The average Bonchev–Trinajstić information content (AvgIpc) is 3.49. The summed E-state index contributed by atoms with van der Waals surface area (Å²) >= 11 is 0. The Kier molecular flexibility index (Phi) is 6.74. The Morgan fingerprint density at radius 2 is 1.68 bits per heavy atom. The van der Waals surface area contributed by atoms with Crippen molar-refractivity contribution in [1.29, 1.82) is 0 Å². The van der Waals surface area contributed by atoms with Gasteiger partial charge >= 0.3 is 5.91 Å². The highest BCUT2D eigenvalue weighted by Crippen LogP contribution is 2.42. The Morgan fingerprint density at radius 1 is 0.974 bits per heavy atom. The molecule has 9 nitrogen and oxygen atoms in total. The largest absolute Gasteiger partial charge is 0.507 e. The van der Waals surface area contributed by atoms with E-state index in [1.165, 1.54) is 12.0 Å². The van der Waals surface area contributed by atoms with E-state index in [1.807, 2.05) is 6.92 Å². The Bertz CT molecular complexity index is 1540. The predicted octanol–water partition coefficient (Wildman–Crippen LogP) is 5.00. The van der Waals surface area contributed by atoms with E-state index in [-0.39, 0.29) is 17.3 Å². The number of hydrogen-bond acceptors (Lipinski definition) is 7. The van der Waals surface area contributed by atoms with Gasteiger partial charge in [-0.15, -0.1) is 0 Å². The van der Waals surface area contributed by atoms with Crippen molar-refractivity contribution < 1.29 is 28.9 Å². The number of aromatic nitrogens is 2. The maximum Gasteiger partial charge on any atom is 0.302 e. The molecular weight excluding hydrogens is 486 g/mol. The van der Waals surface area contributed by atoms with Crippen LogP contribution in [0.5, 0.6) is 17.2 Å². The van der Waals surface area contributed by atoms with Crippen molar-refractivity contribution in [2.24, 2.45) is 0 Å². The molecule has 2 heterocycles. The van der Waals surface area contributed by atoms with E-state index in [2.05, 4.69) is 9.97 Å². The lowest BCUT2D eigenvalue weighted by molar-refractivity contribution is -0.132. The molecular formula is C29H27N3O6. The number of aromatic amines is 1. The van der Waals surface area contributed by atoms with Crippen molar-refractivity contribution >= 4 is 34.4 Å². The lowest BCUT2D eigenvalue weighted by Crippen LogP contribution is -2.30. The molecule has 38 heavy (non-hydrogen) atoms. The molecule has 0 bridgehead atoms. The van der Waals surface area contributed by atoms with E-state index in [0.717, 1.165) is 6.42 Å². The van der Waals surface area contributed by atoms with Crippen LogP contribution in [0.2, 0.25) is 0 Å². The topological polar surface area (TPSA) is 114 Å². The molecule has 1 aliphatic rings. The third kappa shape index (κ3) is 4.43. The van der Waals surface area contributed by atoms with Gasteiger partial charge in [0.05, 0.1) is 43.5 Å². The summed E-state index contributed by atoms with van der Waals surface area (Å²) in [5.41, 5.74) is 2.13. The number of carbonyl (C=O) groups excluding carboxylic acids is 2. The molecule has 1 aromatic heterocycles. The quantitative estimate of drug-likeness (QED) is 0.194. The van der Waals surface area contributed by atoms with E-state index in [9.17, 15) is 14.7 Å². The zero-order valence-corrected chi connectivity index (χ0v) is 21.2. The number of benzene rings is 3. The number of fused-ring (bicyclic) bond motifs is 1. The summed E-state index contributed by atoms with van der Waals surface area (Å²) in [6.45, 7) is 2.58. The second-order valence-electron chi connectivity index (χ2n) is 8.76. The molecule has 0 radical (unpaired) electrons. The number of anilines is 1. The zero-order chi connectivity index (χ0) is 26.8. The van der Waals surface area contributed by atoms with Crippen molar-refractivity contribution in [3.05, 3.63) is 83.4 Å². The number of carbonyl (C=O) groups is 2. The van der Waals surface area contributed by atoms with Crippen molar-refractivity contribution in [2.75, 3.05) is 25.7 Å². The number of methoxy groups -OCH3 is 2. The van der Waals surface area contributed by atoms with Gasteiger partial charge in [-0.3, -0.25) is 14.5 Å². The van der Waals surface area contributed by atoms with Gasteiger partial charge in [-0.2, -0.15) is 0 Å². The highest BCUT2D eigenvalue weighted by Gasteiger charge is 2.48. The number of Topliss-reactive ketones (excluding diaryl/α,β-unsaturated/α-hetero) is 1. The number of aliphatic hydroxyl groups excluding tert-OH is 1. The van der Waals surface area contributed by atoms with Crippen LogP contribution in [0, 0.1) is 0 Å². The first-order chi connectivity index (χ1) is 18.4. The first-order valence-electron chi connectivity index (χ1n) is 12.2. The fourth-order valence-corrected chi connectivity index (χ4v) is 4.48. The normalized spacial score (nSPS) is 16.7. The van der Waals surface area contributed by atoms with Crippen molar-refractivity contribution in [2.45, 2.75) is 19.4 Å². The Morgan fingerprint density at radius 3 is 2.39 bits per heavy atom. The zero-order valence-electron chi connectivity index (χ0n) is 21.2. The molecule has 0 aliphatic carbocycles. The van der Waals surface area contributed by atoms with Crippen LogP contribution in [0.25, 0.3) is 16.8 Å². The molecule has 1 atom stereocenters. The molecule has 2 N–H and O–H groups in total. The summed E-state index contributed by atoms with van der Waals surface area (Å²) in [5.74, 6) is 0.0493. The number of imidazole rings is 1. The van der Waals surface area contributed by atoms with Gasteiger partial charge in [-0.25, -0.2) is 4.98 Å². The van der Waals surface area contributed by atoms with Crippen LogP contribution in [-0.4, -0.2) is 47.6 Å².